The predicted octanol–water partition coefficient (Wildman–Crippen LogP) is 2.71. The van der Waals surface area contributed by atoms with Crippen molar-refractivity contribution in [3.63, 3.8) is 0 Å². The maximum atomic E-state index is 11.5. The number of nitrogens with two attached hydrogens (primary N) is 1. The summed E-state index contributed by atoms with van der Waals surface area (Å²) in [6.07, 6.45) is 0. The lowest BCUT2D eigenvalue weighted by molar-refractivity contribution is -0.432. The van der Waals surface area contributed by atoms with Gasteiger partial charge in [0.15, 0.2) is 5.82 Å². The van der Waals surface area contributed by atoms with E-state index >= 15 is 0 Å². The van der Waals surface area contributed by atoms with E-state index in [1.54, 1.807) is 0 Å². The molecule has 0 saturated carbocycles. The molecule has 0 bridgehead atoms. The van der Waals surface area contributed by atoms with E-state index in [0.29, 0.717) is 12.0 Å². The first kappa shape index (κ1) is 20.7. The molecule has 1 aromatic carbocycles. The summed E-state index contributed by atoms with van der Waals surface area (Å²) in [6.45, 7) is 1.30. The number of nitrogens with zero attached hydrogens (tertiary/aromatic N) is 3. The van der Waals surface area contributed by atoms with E-state index in [1.165, 1.54) is 31.2 Å². The molecule has 27 heavy (non-hydrogen) atoms. The number of azo groups is 1. The van der Waals surface area contributed by atoms with E-state index < -0.39 is 15.0 Å². The SMILES string of the molecule is CC(=O)Nc1ccc(/N=N/c2cc(SOOO)ccc2S(=O)(=O)O)c(N)n1. The largest absolute Gasteiger partial charge is 0.382 e. The highest BCUT2D eigenvalue weighted by molar-refractivity contribution is 7.94. The molecule has 0 aliphatic heterocycles. The number of aromatic nitrogens is 1. The second-order valence-electron chi connectivity index (χ2n) is 4.81. The molecule has 1 heterocycles. The number of nitrogen functional groups attached to an aromatic ring is 1. The zero-order chi connectivity index (χ0) is 20.0. The molecule has 0 spiro atoms. The van der Waals surface area contributed by atoms with Crippen molar-refractivity contribution < 1.29 is 32.4 Å². The van der Waals surface area contributed by atoms with Crippen molar-refractivity contribution in [2.45, 2.75) is 16.7 Å². The van der Waals surface area contributed by atoms with Crippen LogP contribution in [0.1, 0.15) is 6.92 Å². The Morgan fingerprint density at radius 3 is 2.56 bits per heavy atom. The summed E-state index contributed by atoms with van der Waals surface area (Å²) in [5.74, 6) is -0.199. The van der Waals surface area contributed by atoms with Crippen LogP contribution in [0.15, 0.2) is 50.4 Å². The molecule has 1 aromatic heterocycles. The first-order valence-corrected chi connectivity index (χ1v) is 9.11. The Morgan fingerprint density at radius 2 is 1.96 bits per heavy atom. The molecule has 2 aromatic rings. The molecule has 0 fully saturated rings. The fourth-order valence-corrected chi connectivity index (χ4v) is 2.81. The van der Waals surface area contributed by atoms with Crippen LogP contribution in [0.2, 0.25) is 0 Å². The van der Waals surface area contributed by atoms with Gasteiger partial charge in [0.05, 0.1) is 12.0 Å². The monoisotopic (exact) mass is 415 g/mol. The summed E-state index contributed by atoms with van der Waals surface area (Å²) in [5, 5.41) is 21.6. The second kappa shape index (κ2) is 8.85. The molecule has 0 atom stereocenters. The molecule has 0 unspecified atom stereocenters. The summed E-state index contributed by atoms with van der Waals surface area (Å²) in [5.41, 5.74) is 5.60. The third kappa shape index (κ3) is 5.95. The number of carbonyl (C=O) groups is 1. The lowest BCUT2D eigenvalue weighted by Gasteiger charge is -2.05. The van der Waals surface area contributed by atoms with Crippen LogP contribution in [0, 0.1) is 0 Å². The minimum absolute atomic E-state index is 0.0686. The number of benzene rings is 1. The highest BCUT2D eigenvalue weighted by atomic mass is 32.2. The third-order valence-electron chi connectivity index (χ3n) is 2.84. The Labute approximate surface area is 157 Å². The standard InChI is InChI=1S/C13H13N5O7S2/c1-7(19)15-12-5-3-9(13(14)16-12)17-18-10-6-8(26-25-24-20)2-4-11(10)27(21,22)23/h2-6,20H,1H3,(H,21,22,23)(H3,14,15,16,19)/b18-17+. The Morgan fingerprint density at radius 1 is 1.26 bits per heavy atom. The van der Waals surface area contributed by atoms with Gasteiger partial charge in [0, 0.05) is 11.8 Å². The average molecular weight is 415 g/mol. The number of amides is 1. The summed E-state index contributed by atoms with van der Waals surface area (Å²) in [4.78, 5) is 14.7. The van der Waals surface area contributed by atoms with Crippen molar-refractivity contribution in [2.75, 3.05) is 11.1 Å². The van der Waals surface area contributed by atoms with E-state index in [1.807, 2.05) is 0 Å². The highest BCUT2D eigenvalue weighted by Crippen LogP contribution is 2.32. The molecule has 14 heteroatoms. The van der Waals surface area contributed by atoms with Crippen molar-refractivity contribution in [2.24, 2.45) is 10.2 Å². The number of hydrogen-bond acceptors (Lipinski definition) is 11. The number of hydrogen-bond donors (Lipinski definition) is 4. The molecule has 2 rings (SSSR count). The zero-order valence-electron chi connectivity index (χ0n) is 13.6. The number of nitrogens with one attached hydrogen (secondary N) is 1. The summed E-state index contributed by atoms with van der Waals surface area (Å²) >= 11 is 0.559. The van der Waals surface area contributed by atoms with Gasteiger partial charge in [-0.3, -0.25) is 9.35 Å². The smallest absolute Gasteiger partial charge is 0.296 e. The van der Waals surface area contributed by atoms with Crippen molar-refractivity contribution in [3.8, 4) is 0 Å². The van der Waals surface area contributed by atoms with Gasteiger partial charge in [0.25, 0.3) is 10.1 Å². The fourth-order valence-electron chi connectivity index (χ4n) is 1.81. The van der Waals surface area contributed by atoms with Crippen LogP contribution in [0.3, 0.4) is 0 Å². The van der Waals surface area contributed by atoms with Crippen molar-refractivity contribution >= 4 is 51.1 Å². The second-order valence-corrected chi connectivity index (χ2v) is 6.98. The third-order valence-corrected chi connectivity index (χ3v) is 4.32. The van der Waals surface area contributed by atoms with Gasteiger partial charge in [-0.1, -0.05) is 5.04 Å². The molecule has 12 nitrogen and oxygen atoms in total. The minimum atomic E-state index is -4.58. The summed E-state index contributed by atoms with van der Waals surface area (Å²) < 4.78 is 36.5. The number of rotatable bonds is 7. The normalized spacial score (nSPS) is 11.7. The van der Waals surface area contributed by atoms with Crippen LogP contribution >= 0.6 is 12.0 Å². The first-order chi connectivity index (χ1) is 12.7. The van der Waals surface area contributed by atoms with Gasteiger partial charge in [-0.15, -0.1) is 14.6 Å². The molecule has 0 aliphatic rings. The topological polar surface area (TPSA) is 186 Å². The van der Waals surface area contributed by atoms with Gasteiger partial charge in [0.2, 0.25) is 5.91 Å². The van der Waals surface area contributed by atoms with Gasteiger partial charge in [-0.05, 0) is 30.3 Å². The number of pyridine rings is 1. The van der Waals surface area contributed by atoms with Gasteiger partial charge in [0.1, 0.15) is 22.1 Å². The lowest BCUT2D eigenvalue weighted by Crippen LogP contribution is -2.08. The molecule has 144 valence electrons. The van der Waals surface area contributed by atoms with Crippen LogP contribution in [0.4, 0.5) is 23.0 Å². The van der Waals surface area contributed by atoms with E-state index in [9.17, 15) is 17.8 Å². The van der Waals surface area contributed by atoms with E-state index in [4.69, 9.17) is 11.0 Å². The van der Waals surface area contributed by atoms with Gasteiger partial charge in [-0.2, -0.15) is 8.42 Å². The van der Waals surface area contributed by atoms with Gasteiger partial charge in [-0.25, -0.2) is 10.2 Å². The fraction of sp³-hybridized carbons (Fsp3) is 0.0769. The Hall–Kier alpha value is -2.62. The minimum Gasteiger partial charge on any atom is -0.382 e. The van der Waals surface area contributed by atoms with E-state index in [-0.39, 0.29) is 33.8 Å². The van der Waals surface area contributed by atoms with E-state index in [0.717, 1.165) is 6.07 Å². The Balaban J connectivity index is 2.38. The van der Waals surface area contributed by atoms with Crippen molar-refractivity contribution in [3.05, 3.63) is 30.3 Å². The Kier molecular flexibility index (Phi) is 6.78. The quantitative estimate of drug-likeness (QED) is 0.172. The van der Waals surface area contributed by atoms with Crippen LogP contribution < -0.4 is 11.1 Å². The van der Waals surface area contributed by atoms with Crippen molar-refractivity contribution in [1.29, 1.82) is 0 Å². The van der Waals surface area contributed by atoms with Crippen LogP contribution in [0.5, 0.6) is 0 Å². The average Bonchev–Trinajstić information content (AvgIpc) is 2.57. The molecule has 0 saturated heterocycles. The zero-order valence-corrected chi connectivity index (χ0v) is 15.2. The molecule has 0 radical (unpaired) electrons. The number of anilines is 2. The van der Waals surface area contributed by atoms with Gasteiger partial charge < -0.3 is 11.1 Å². The molecular weight excluding hydrogens is 402 g/mol. The van der Waals surface area contributed by atoms with Crippen molar-refractivity contribution in [1.82, 2.24) is 4.98 Å². The van der Waals surface area contributed by atoms with Crippen LogP contribution in [-0.4, -0.2) is 29.1 Å². The maximum Gasteiger partial charge on any atom is 0.296 e. The summed E-state index contributed by atoms with van der Waals surface area (Å²) in [6, 6.07) is 6.39. The maximum absolute atomic E-state index is 11.5. The first-order valence-electron chi connectivity index (χ1n) is 6.93. The summed E-state index contributed by atoms with van der Waals surface area (Å²) in [7, 11) is -4.58. The Bertz CT molecular complexity index is 981. The molecule has 0 aliphatic carbocycles. The molecule has 5 N–H and O–H groups in total. The van der Waals surface area contributed by atoms with Crippen LogP contribution in [0.25, 0.3) is 0 Å². The van der Waals surface area contributed by atoms with Gasteiger partial charge >= 0.3 is 0 Å². The van der Waals surface area contributed by atoms with Crippen LogP contribution in [-0.2, 0) is 24.3 Å². The molecular formula is C13H13N5O7S2. The van der Waals surface area contributed by atoms with E-state index in [2.05, 4.69) is 29.9 Å². The molecule has 1 amide bonds. The number of carbonyl (C=O) groups excluding carboxylic acids is 1. The predicted molar refractivity (Wildman–Crippen MR) is 94.0 cm³/mol. The highest BCUT2D eigenvalue weighted by Gasteiger charge is 2.17. The lowest BCUT2D eigenvalue weighted by atomic mass is 10.3.